The van der Waals surface area contributed by atoms with Gasteiger partial charge in [-0.2, -0.15) is 4.98 Å². The van der Waals surface area contributed by atoms with Crippen LogP contribution in [-0.2, 0) is 28.2 Å². The highest BCUT2D eigenvalue weighted by Gasteiger charge is 2.56. The molecular formula is C23H30FN4O9P. The zero-order valence-electron chi connectivity index (χ0n) is 21.1. The van der Waals surface area contributed by atoms with E-state index in [1.54, 1.807) is 32.0 Å². The standard InChI is InChI=1S/C23H30FN4O9P/c1-13(2)17(18(29)20(31)34-4)27-38(33,37-14-8-6-5-7-9-14)35-12-15-19(30)23(3,24)21(36-15)28-11-10-16(25)26-22(28)32/h5-11,13,15,17,19,21,30H,12H2,1-4H3,(H,27,33)(H2,25,26,32)/t15-,17+,19-,21-,23-,38?/m1/s1. The Morgan fingerprint density at radius 3 is 2.55 bits per heavy atom. The van der Waals surface area contributed by atoms with Gasteiger partial charge in [-0.25, -0.2) is 23.6 Å². The fourth-order valence-electron chi connectivity index (χ4n) is 3.74. The van der Waals surface area contributed by atoms with Gasteiger partial charge >= 0.3 is 19.4 Å². The first-order chi connectivity index (χ1) is 17.8. The maximum absolute atomic E-state index is 15.5. The predicted molar refractivity (Wildman–Crippen MR) is 132 cm³/mol. The molecule has 1 aliphatic rings. The lowest BCUT2D eigenvalue weighted by molar-refractivity contribution is -0.152. The molecule has 208 valence electrons. The van der Waals surface area contributed by atoms with Gasteiger partial charge in [-0.15, -0.1) is 0 Å². The smallest absolute Gasteiger partial charge is 0.459 e. The summed E-state index contributed by atoms with van der Waals surface area (Å²) >= 11 is 0. The number of anilines is 1. The third kappa shape index (κ3) is 6.45. The quantitative estimate of drug-likeness (QED) is 0.206. The van der Waals surface area contributed by atoms with Gasteiger partial charge in [0.15, 0.2) is 11.9 Å². The number of ketones is 1. The zero-order valence-corrected chi connectivity index (χ0v) is 22.0. The summed E-state index contributed by atoms with van der Waals surface area (Å²) < 4.78 is 51.3. The van der Waals surface area contributed by atoms with Crippen LogP contribution in [0.2, 0.25) is 0 Å². The van der Waals surface area contributed by atoms with E-state index in [1.807, 2.05) is 0 Å². The van der Waals surface area contributed by atoms with Crippen LogP contribution in [0.4, 0.5) is 10.2 Å². The number of nitrogens with two attached hydrogens (primary N) is 1. The first-order valence-corrected chi connectivity index (χ1v) is 13.1. The molecule has 1 unspecified atom stereocenters. The number of ether oxygens (including phenoxy) is 2. The van der Waals surface area contributed by atoms with Gasteiger partial charge in [-0.3, -0.25) is 13.9 Å². The van der Waals surface area contributed by atoms with Gasteiger partial charge in [0.25, 0.3) is 5.78 Å². The summed E-state index contributed by atoms with van der Waals surface area (Å²) in [5.74, 6) is -2.74. The molecule has 1 saturated heterocycles. The van der Waals surface area contributed by atoms with Crippen LogP contribution < -0.4 is 21.0 Å². The monoisotopic (exact) mass is 556 g/mol. The summed E-state index contributed by atoms with van der Waals surface area (Å²) in [5, 5.41) is 13.1. The number of Topliss-reactive ketones (excluding diaryl/α,β-unsaturated/α-hetero) is 1. The number of hydrogen-bond donors (Lipinski definition) is 3. The van der Waals surface area contributed by atoms with E-state index in [0.717, 1.165) is 18.6 Å². The van der Waals surface area contributed by atoms with Gasteiger partial charge < -0.3 is 24.8 Å². The second-order valence-corrected chi connectivity index (χ2v) is 10.8. The second kappa shape index (κ2) is 11.7. The normalized spacial score (nSPS) is 25.5. The Hall–Kier alpha value is -3.16. The number of carbonyl (C=O) groups is 2. The van der Waals surface area contributed by atoms with E-state index in [2.05, 4.69) is 14.8 Å². The van der Waals surface area contributed by atoms with Crippen molar-refractivity contribution in [2.45, 2.75) is 50.9 Å². The number of alkyl halides is 1. The number of rotatable bonds is 11. The number of nitrogen functional groups attached to an aromatic ring is 1. The van der Waals surface area contributed by atoms with Gasteiger partial charge in [0.1, 0.15) is 23.8 Å². The minimum atomic E-state index is -4.47. The highest BCUT2D eigenvalue weighted by Crippen LogP contribution is 2.48. The largest absolute Gasteiger partial charge is 0.463 e. The van der Waals surface area contributed by atoms with E-state index in [1.165, 1.54) is 24.4 Å². The highest BCUT2D eigenvalue weighted by molar-refractivity contribution is 7.52. The maximum atomic E-state index is 15.5. The molecule has 1 aliphatic heterocycles. The molecule has 2 heterocycles. The number of carbonyl (C=O) groups excluding carboxylic acids is 2. The van der Waals surface area contributed by atoms with E-state index in [4.69, 9.17) is 19.5 Å². The number of para-hydroxylation sites is 1. The Kier molecular flexibility index (Phi) is 9.05. The Balaban J connectivity index is 1.86. The number of nitrogens with one attached hydrogen (secondary N) is 1. The minimum Gasteiger partial charge on any atom is -0.463 e. The van der Waals surface area contributed by atoms with Gasteiger partial charge in [-0.05, 0) is 31.0 Å². The topological polar surface area (TPSA) is 181 Å². The molecule has 0 saturated carbocycles. The van der Waals surface area contributed by atoms with Crippen molar-refractivity contribution < 1.29 is 42.2 Å². The summed E-state index contributed by atoms with van der Waals surface area (Å²) in [4.78, 5) is 40.2. The van der Waals surface area contributed by atoms with Crippen molar-refractivity contribution in [3.63, 3.8) is 0 Å². The van der Waals surface area contributed by atoms with E-state index in [-0.39, 0.29) is 11.6 Å². The third-order valence-corrected chi connectivity index (χ3v) is 7.37. The molecule has 3 rings (SSSR count). The van der Waals surface area contributed by atoms with Crippen molar-refractivity contribution in [1.29, 1.82) is 0 Å². The summed E-state index contributed by atoms with van der Waals surface area (Å²) in [6.07, 6.45) is -3.71. The van der Waals surface area contributed by atoms with Crippen molar-refractivity contribution in [3.8, 4) is 5.75 Å². The molecule has 1 fully saturated rings. The van der Waals surface area contributed by atoms with Crippen molar-refractivity contribution >= 4 is 25.3 Å². The van der Waals surface area contributed by atoms with E-state index >= 15 is 4.39 Å². The number of benzene rings is 1. The third-order valence-electron chi connectivity index (χ3n) is 5.83. The van der Waals surface area contributed by atoms with E-state index < -0.39 is 67.9 Å². The lowest BCUT2D eigenvalue weighted by Gasteiger charge is -2.27. The minimum absolute atomic E-state index is 0.0866. The van der Waals surface area contributed by atoms with Crippen LogP contribution in [0.5, 0.6) is 5.75 Å². The van der Waals surface area contributed by atoms with Crippen LogP contribution in [-0.4, -0.2) is 64.0 Å². The van der Waals surface area contributed by atoms with Crippen LogP contribution in [0.25, 0.3) is 0 Å². The van der Waals surface area contributed by atoms with E-state index in [9.17, 15) is 24.1 Å². The van der Waals surface area contributed by atoms with Crippen molar-refractivity contribution in [3.05, 3.63) is 53.1 Å². The number of aromatic nitrogens is 2. The molecule has 13 nitrogen and oxygen atoms in total. The molecule has 4 N–H and O–H groups in total. The molecule has 0 aliphatic carbocycles. The molecule has 0 bridgehead atoms. The molecule has 1 aromatic heterocycles. The summed E-state index contributed by atoms with van der Waals surface area (Å²) in [6.45, 7) is 3.51. The van der Waals surface area contributed by atoms with E-state index in [0.29, 0.717) is 0 Å². The van der Waals surface area contributed by atoms with Crippen molar-refractivity contribution in [2.75, 3.05) is 19.5 Å². The van der Waals surface area contributed by atoms with Gasteiger partial charge in [0, 0.05) is 6.20 Å². The fourth-order valence-corrected chi connectivity index (χ4v) is 5.42. The Bertz CT molecular complexity index is 1260. The number of methoxy groups -OCH3 is 1. The number of esters is 1. The summed E-state index contributed by atoms with van der Waals surface area (Å²) in [7, 11) is -3.45. The van der Waals surface area contributed by atoms with Crippen LogP contribution in [0.1, 0.15) is 27.0 Å². The molecule has 6 atom stereocenters. The van der Waals surface area contributed by atoms with Gasteiger partial charge in [-0.1, -0.05) is 32.0 Å². The summed E-state index contributed by atoms with van der Waals surface area (Å²) in [5.41, 5.74) is 2.08. The average Bonchev–Trinajstić information content (AvgIpc) is 3.09. The second-order valence-electron chi connectivity index (χ2n) is 9.07. The van der Waals surface area contributed by atoms with Crippen LogP contribution in [0.15, 0.2) is 47.4 Å². The summed E-state index contributed by atoms with van der Waals surface area (Å²) in [6, 6.07) is 7.74. The van der Waals surface area contributed by atoms with Crippen LogP contribution in [0.3, 0.4) is 0 Å². The van der Waals surface area contributed by atoms with Crippen molar-refractivity contribution in [1.82, 2.24) is 14.6 Å². The molecule has 2 aromatic rings. The number of aliphatic hydroxyl groups excluding tert-OH is 1. The number of aliphatic hydroxyl groups is 1. The fraction of sp³-hybridized carbons (Fsp3) is 0.478. The Morgan fingerprint density at radius 1 is 1.32 bits per heavy atom. The van der Waals surface area contributed by atoms with Crippen LogP contribution >= 0.6 is 7.75 Å². The first kappa shape index (κ1) is 29.4. The van der Waals surface area contributed by atoms with Gasteiger partial charge in [0.2, 0.25) is 0 Å². The van der Waals surface area contributed by atoms with Crippen molar-refractivity contribution in [2.24, 2.45) is 5.92 Å². The number of hydrogen-bond acceptors (Lipinski definition) is 11. The molecule has 15 heteroatoms. The molecule has 38 heavy (non-hydrogen) atoms. The molecule has 1 aromatic carbocycles. The number of halogens is 1. The predicted octanol–water partition coefficient (Wildman–Crippen LogP) is 1.37. The SMILES string of the molecule is COC(=O)C(=O)[C@@H](NP(=O)(OC[C@H]1O[C@@H](n2ccc(N)nc2=O)[C@](C)(F)[C@@H]1O)Oc1ccccc1)C(C)C. The lowest BCUT2D eigenvalue weighted by Crippen LogP contribution is -2.45. The average molecular weight is 556 g/mol. The maximum Gasteiger partial charge on any atom is 0.459 e. The Labute approximate surface area is 217 Å². The van der Waals surface area contributed by atoms with Crippen LogP contribution in [0, 0.1) is 5.92 Å². The first-order valence-electron chi connectivity index (χ1n) is 11.6. The molecule has 0 amide bonds. The van der Waals surface area contributed by atoms with Gasteiger partial charge in [0.05, 0.1) is 19.8 Å². The number of nitrogens with zero attached hydrogens (tertiary/aromatic N) is 2. The molecule has 0 spiro atoms. The Morgan fingerprint density at radius 2 is 1.97 bits per heavy atom. The highest BCUT2D eigenvalue weighted by atomic mass is 31.2. The molecule has 0 radical (unpaired) electrons. The zero-order chi connectivity index (χ0) is 28.3. The molecular weight excluding hydrogens is 526 g/mol. The lowest BCUT2D eigenvalue weighted by atomic mass is 9.98.